The molecule has 3 rings (SSSR count). The van der Waals surface area contributed by atoms with Gasteiger partial charge in [-0.3, -0.25) is 0 Å². The van der Waals surface area contributed by atoms with Gasteiger partial charge in [-0.15, -0.1) is 0 Å². The van der Waals surface area contributed by atoms with E-state index in [1.165, 1.54) is 0 Å². The Hall–Kier alpha value is -0.269. The van der Waals surface area contributed by atoms with E-state index in [1.54, 1.807) is 4.57 Å². The molecule has 3 aromatic rings. The Morgan fingerprint density at radius 1 is 0.800 bits per heavy atom. The van der Waals surface area contributed by atoms with Gasteiger partial charge in [0.05, 0.1) is 0 Å². The molecule has 20 heavy (non-hydrogen) atoms. The number of benzene rings is 2. The Morgan fingerprint density at radius 2 is 1.25 bits per heavy atom. The van der Waals surface area contributed by atoms with Crippen molar-refractivity contribution in [1.29, 1.82) is 0 Å². The molecule has 1 heterocycles. The van der Waals surface area contributed by atoms with Crippen LogP contribution in [0, 0.1) is 0 Å². The molecule has 0 spiro atoms. The molecule has 0 saturated carbocycles. The van der Waals surface area contributed by atoms with Crippen LogP contribution in [0.15, 0.2) is 48.5 Å². The largest absolute Gasteiger partial charge is 1.00 e. The summed E-state index contributed by atoms with van der Waals surface area (Å²) in [7, 11) is 0. The molecule has 0 radical (unpaired) electrons. The maximum Gasteiger partial charge on any atom is 1.00 e. The van der Waals surface area contributed by atoms with Crippen molar-refractivity contribution in [2.45, 2.75) is 12.9 Å². The molecule has 0 fully saturated rings. The number of rotatable bonds is 3. The Balaban J connectivity index is 0.00000147. The van der Waals surface area contributed by atoms with E-state index >= 15 is 0 Å². The van der Waals surface area contributed by atoms with Crippen molar-refractivity contribution in [2.75, 3.05) is 0 Å². The molecule has 1 nitrogen and oxygen atoms in total. The normalized spacial score (nSPS) is 11.8. The van der Waals surface area contributed by atoms with Gasteiger partial charge in [-0.2, -0.15) is 0 Å². The third kappa shape index (κ3) is 3.14. The topological polar surface area (TPSA) is 4.93 Å². The maximum atomic E-state index is 12.5. The van der Waals surface area contributed by atoms with E-state index in [-0.39, 0.29) is 57.9 Å². The molecule has 0 unspecified atom stereocenters. The van der Waals surface area contributed by atoms with Gasteiger partial charge in [-0.1, -0.05) is 42.7 Å². The summed E-state index contributed by atoms with van der Waals surface area (Å²) >= 11 is 0. The van der Waals surface area contributed by atoms with Gasteiger partial charge in [-0.25, -0.2) is 0 Å². The van der Waals surface area contributed by atoms with E-state index in [0.29, 0.717) is 0 Å². The number of aryl methyl sites for hydroxylation is 1. The molecule has 98 valence electrons. The zero-order valence-electron chi connectivity index (χ0n) is 11.2. The van der Waals surface area contributed by atoms with E-state index < -0.39 is 13.3 Å². The van der Waals surface area contributed by atoms with E-state index in [1.807, 2.05) is 48.5 Å². The minimum atomic E-state index is -4.75. The number of halogens is 3. The molecule has 0 bridgehead atoms. The van der Waals surface area contributed by atoms with Gasteiger partial charge in [0.1, 0.15) is 0 Å². The molecule has 2 aromatic carbocycles. The number of aromatic nitrogens is 1. The van der Waals surface area contributed by atoms with E-state index in [4.69, 9.17) is 0 Å². The first-order chi connectivity index (χ1) is 9.06. The summed E-state index contributed by atoms with van der Waals surface area (Å²) in [6, 6.07) is 15.2. The summed E-state index contributed by atoms with van der Waals surface area (Å²) in [6.45, 7) is -4.77. The van der Waals surface area contributed by atoms with Crippen LogP contribution in [0.4, 0.5) is 12.9 Å². The van der Waals surface area contributed by atoms with Crippen LogP contribution < -0.4 is 51.4 Å². The van der Waals surface area contributed by atoms with E-state index in [2.05, 4.69) is 0 Å². The van der Waals surface area contributed by atoms with Gasteiger partial charge in [0, 0.05) is 21.8 Å². The third-order valence-corrected chi connectivity index (χ3v) is 3.36. The average molecular weight is 301 g/mol. The van der Waals surface area contributed by atoms with Crippen LogP contribution in [-0.2, 0) is 6.54 Å². The minimum absolute atomic E-state index is 0. The average Bonchev–Trinajstić information content (AvgIpc) is 2.70. The number of fused-ring (bicyclic) bond motifs is 3. The second-order valence-corrected chi connectivity index (χ2v) is 4.68. The zero-order valence-corrected chi connectivity index (χ0v) is 14.3. The van der Waals surface area contributed by atoms with Crippen LogP contribution in [0.3, 0.4) is 0 Å². The Morgan fingerprint density at radius 3 is 1.70 bits per heavy atom. The summed E-state index contributed by atoms with van der Waals surface area (Å²) in [5, 5.41) is 2.01. The number of hydrogen-bond acceptors (Lipinski definition) is 0. The molecule has 6 heteroatoms. The standard InChI is InChI=1S/C14H12BF3N.K/c16-15(17,18)9-10-19-13-7-3-1-5-11(13)12-6-2-4-8-14(12)19;/h1-8H,9-10H2;/q-1;+1. The summed E-state index contributed by atoms with van der Waals surface area (Å²) < 4.78 is 39.3. The van der Waals surface area contributed by atoms with Crippen LogP contribution in [0.5, 0.6) is 0 Å². The molecular formula is C14H12BF3KN. The quantitative estimate of drug-likeness (QED) is 0.648. The first-order valence-corrected chi connectivity index (χ1v) is 6.23. The molecule has 0 N–H and O–H groups in total. The second-order valence-electron chi connectivity index (χ2n) is 4.68. The Kier molecular flexibility index (Phi) is 5.02. The van der Waals surface area contributed by atoms with Crippen LogP contribution in [0.25, 0.3) is 21.8 Å². The number of hydrogen-bond donors (Lipinski definition) is 0. The van der Waals surface area contributed by atoms with E-state index in [9.17, 15) is 12.9 Å². The number of nitrogens with zero attached hydrogens (tertiary/aromatic N) is 1. The summed E-state index contributed by atoms with van der Waals surface area (Å²) in [5.74, 6) is 0. The van der Waals surface area contributed by atoms with Crippen molar-refractivity contribution in [3.8, 4) is 0 Å². The SMILES string of the molecule is F[B-](F)(F)CCn1c2ccccc2c2ccccc21.[K+]. The first kappa shape index (κ1) is 16.1. The molecule has 0 atom stereocenters. The monoisotopic (exact) mass is 301 g/mol. The van der Waals surface area contributed by atoms with E-state index in [0.717, 1.165) is 21.8 Å². The summed E-state index contributed by atoms with van der Waals surface area (Å²) in [6.07, 6.45) is -0.747. The second kappa shape index (κ2) is 6.24. The van der Waals surface area contributed by atoms with Gasteiger partial charge >= 0.3 is 58.4 Å². The fourth-order valence-corrected chi connectivity index (χ4v) is 2.52. The van der Waals surface area contributed by atoms with Crippen molar-refractivity contribution < 1.29 is 64.3 Å². The molecule has 0 aliphatic carbocycles. The van der Waals surface area contributed by atoms with Crippen molar-refractivity contribution in [1.82, 2.24) is 4.57 Å². The zero-order chi connectivity index (χ0) is 13.5. The third-order valence-electron chi connectivity index (χ3n) is 3.36. The maximum absolute atomic E-state index is 12.5. The number of para-hydroxylation sites is 2. The molecule has 0 aliphatic rings. The Bertz CT molecular complexity index is 683. The molecule has 0 aliphatic heterocycles. The van der Waals surface area contributed by atoms with Crippen LogP contribution in [-0.4, -0.2) is 11.5 Å². The fourth-order valence-electron chi connectivity index (χ4n) is 2.52. The van der Waals surface area contributed by atoms with Crippen molar-refractivity contribution >= 4 is 28.8 Å². The molecule has 1 aromatic heterocycles. The van der Waals surface area contributed by atoms with Crippen LogP contribution in [0.2, 0.25) is 6.32 Å². The van der Waals surface area contributed by atoms with Gasteiger partial charge in [0.2, 0.25) is 0 Å². The van der Waals surface area contributed by atoms with Crippen molar-refractivity contribution in [2.24, 2.45) is 0 Å². The van der Waals surface area contributed by atoms with Gasteiger partial charge in [0.25, 0.3) is 0 Å². The fraction of sp³-hybridized carbons (Fsp3) is 0.143. The smallest absolute Gasteiger partial charge is 0.449 e. The van der Waals surface area contributed by atoms with Crippen molar-refractivity contribution in [3.05, 3.63) is 48.5 Å². The first-order valence-electron chi connectivity index (χ1n) is 6.23. The van der Waals surface area contributed by atoms with Gasteiger partial charge in [-0.05, 0) is 18.7 Å². The predicted octanol–water partition coefficient (Wildman–Crippen LogP) is 1.65. The minimum Gasteiger partial charge on any atom is -0.449 e. The molecule has 0 saturated heterocycles. The predicted molar refractivity (Wildman–Crippen MR) is 73.3 cm³/mol. The van der Waals surface area contributed by atoms with Crippen LogP contribution >= 0.6 is 0 Å². The van der Waals surface area contributed by atoms with Gasteiger partial charge < -0.3 is 17.5 Å². The van der Waals surface area contributed by atoms with Crippen LogP contribution in [0.1, 0.15) is 0 Å². The summed E-state index contributed by atoms with van der Waals surface area (Å²) in [5.41, 5.74) is 1.73. The van der Waals surface area contributed by atoms with Gasteiger partial charge in [0.15, 0.2) is 0 Å². The summed E-state index contributed by atoms with van der Waals surface area (Å²) in [4.78, 5) is 0. The van der Waals surface area contributed by atoms with Crippen molar-refractivity contribution in [3.63, 3.8) is 0 Å². The molecular weight excluding hydrogens is 289 g/mol. The molecule has 0 amide bonds. The Labute approximate surface area is 157 Å².